The maximum Gasteiger partial charge on any atom is 0.407 e. The lowest BCUT2D eigenvalue weighted by Crippen LogP contribution is -2.31. The number of amides is 1. The van der Waals surface area contributed by atoms with Crippen molar-refractivity contribution in [3.8, 4) is 11.1 Å². The van der Waals surface area contributed by atoms with Crippen molar-refractivity contribution in [1.82, 2.24) is 5.32 Å². The molecule has 1 heterocycles. The molecule has 154 valence electrons. The summed E-state index contributed by atoms with van der Waals surface area (Å²) in [5.41, 5.74) is 4.55. The zero-order valence-electron chi connectivity index (χ0n) is 15.6. The molecular formula is C22H17Br2NO4S. The molecule has 3 aromatic rings. The van der Waals surface area contributed by atoms with E-state index in [1.165, 1.54) is 11.3 Å². The predicted octanol–water partition coefficient (Wildman–Crippen LogP) is 6.33. The Morgan fingerprint density at radius 2 is 1.67 bits per heavy atom. The van der Waals surface area contributed by atoms with Crippen LogP contribution in [0, 0.1) is 0 Å². The Hall–Kier alpha value is -2.16. The molecule has 0 bridgehead atoms. The fourth-order valence-corrected chi connectivity index (χ4v) is 5.86. The summed E-state index contributed by atoms with van der Waals surface area (Å²) in [6, 6.07) is 17.3. The van der Waals surface area contributed by atoms with Gasteiger partial charge in [-0.3, -0.25) is 4.79 Å². The lowest BCUT2D eigenvalue weighted by Gasteiger charge is -2.18. The highest BCUT2D eigenvalue weighted by Crippen LogP contribution is 2.44. The number of aliphatic carboxylic acids is 1. The van der Waals surface area contributed by atoms with Gasteiger partial charge in [0.1, 0.15) is 6.61 Å². The standard InChI is InChI=1S/C22H17Br2NO4S/c23-17-9-19(30-21(17)24)18(10-20(26)27)25-22(28)29-11-16-14-7-3-1-5-12(14)13-6-2-4-8-15(13)16/h1-9,16,18H,10-11H2,(H,25,28)(H,26,27). The third-order valence-electron chi connectivity index (χ3n) is 5.02. The van der Waals surface area contributed by atoms with Gasteiger partial charge in [0.15, 0.2) is 0 Å². The van der Waals surface area contributed by atoms with Crippen molar-refractivity contribution in [3.63, 3.8) is 0 Å². The van der Waals surface area contributed by atoms with Gasteiger partial charge in [0.25, 0.3) is 0 Å². The van der Waals surface area contributed by atoms with Crippen LogP contribution in [0.15, 0.2) is 62.9 Å². The molecule has 1 aliphatic carbocycles. The molecule has 1 aliphatic rings. The summed E-state index contributed by atoms with van der Waals surface area (Å²) >= 11 is 8.17. The minimum absolute atomic E-state index is 0.0499. The number of carboxylic acid groups (broad SMARTS) is 1. The molecule has 0 saturated heterocycles. The van der Waals surface area contributed by atoms with Crippen LogP contribution in [0.3, 0.4) is 0 Å². The van der Waals surface area contributed by atoms with E-state index in [0.717, 1.165) is 35.4 Å². The third kappa shape index (κ3) is 4.31. The number of thiophene rings is 1. The molecule has 1 unspecified atom stereocenters. The van der Waals surface area contributed by atoms with E-state index in [1.807, 2.05) is 24.3 Å². The quantitative estimate of drug-likeness (QED) is 0.376. The molecule has 0 spiro atoms. The van der Waals surface area contributed by atoms with Gasteiger partial charge in [-0.2, -0.15) is 0 Å². The fourth-order valence-electron chi connectivity index (χ4n) is 3.71. The highest BCUT2D eigenvalue weighted by atomic mass is 79.9. The first kappa shape index (κ1) is 21.1. The number of fused-ring (bicyclic) bond motifs is 3. The summed E-state index contributed by atoms with van der Waals surface area (Å²) in [7, 11) is 0. The normalized spacial score (nSPS) is 13.4. The van der Waals surface area contributed by atoms with E-state index in [4.69, 9.17) is 4.74 Å². The van der Waals surface area contributed by atoms with Crippen molar-refractivity contribution in [2.45, 2.75) is 18.4 Å². The van der Waals surface area contributed by atoms with Gasteiger partial charge in [-0.1, -0.05) is 48.5 Å². The summed E-state index contributed by atoms with van der Waals surface area (Å²) in [5, 5.41) is 11.9. The van der Waals surface area contributed by atoms with Gasteiger partial charge < -0.3 is 15.2 Å². The van der Waals surface area contributed by atoms with Gasteiger partial charge in [0.05, 0.1) is 16.2 Å². The highest BCUT2D eigenvalue weighted by molar-refractivity contribution is 9.13. The summed E-state index contributed by atoms with van der Waals surface area (Å²) in [6.45, 7) is 0.178. The monoisotopic (exact) mass is 549 g/mol. The topological polar surface area (TPSA) is 75.6 Å². The Morgan fingerprint density at radius 1 is 1.07 bits per heavy atom. The number of hydrogen-bond donors (Lipinski definition) is 2. The molecule has 4 rings (SSSR count). The van der Waals surface area contributed by atoms with Crippen LogP contribution in [0.25, 0.3) is 11.1 Å². The maximum atomic E-state index is 12.5. The van der Waals surface area contributed by atoms with E-state index < -0.39 is 18.1 Å². The number of nitrogens with one attached hydrogen (secondary N) is 1. The van der Waals surface area contributed by atoms with E-state index in [2.05, 4.69) is 61.4 Å². The van der Waals surface area contributed by atoms with Crippen LogP contribution in [0.2, 0.25) is 0 Å². The Bertz CT molecular complexity index is 1050. The van der Waals surface area contributed by atoms with E-state index >= 15 is 0 Å². The molecule has 0 saturated carbocycles. The van der Waals surface area contributed by atoms with Crippen LogP contribution in [-0.2, 0) is 9.53 Å². The molecular weight excluding hydrogens is 534 g/mol. The Balaban J connectivity index is 1.48. The van der Waals surface area contributed by atoms with Crippen LogP contribution < -0.4 is 5.32 Å². The fraction of sp³-hybridized carbons (Fsp3) is 0.182. The second-order valence-corrected chi connectivity index (χ2v) is 10.1. The van der Waals surface area contributed by atoms with E-state index in [9.17, 15) is 14.7 Å². The van der Waals surface area contributed by atoms with Gasteiger partial charge in [0, 0.05) is 15.3 Å². The van der Waals surface area contributed by atoms with Crippen molar-refractivity contribution >= 4 is 55.3 Å². The van der Waals surface area contributed by atoms with Gasteiger partial charge in [-0.05, 0) is 60.2 Å². The largest absolute Gasteiger partial charge is 0.481 e. The average Bonchev–Trinajstić information content (AvgIpc) is 3.23. The molecule has 1 amide bonds. The first-order valence-electron chi connectivity index (χ1n) is 9.22. The van der Waals surface area contributed by atoms with Crippen LogP contribution in [-0.4, -0.2) is 23.8 Å². The van der Waals surface area contributed by atoms with Crippen LogP contribution in [0.1, 0.15) is 34.4 Å². The van der Waals surface area contributed by atoms with E-state index in [-0.39, 0.29) is 18.9 Å². The minimum Gasteiger partial charge on any atom is -0.481 e. The van der Waals surface area contributed by atoms with Gasteiger partial charge >= 0.3 is 12.1 Å². The Labute approximate surface area is 194 Å². The number of carbonyl (C=O) groups excluding carboxylic acids is 1. The number of alkyl carbamates (subject to hydrolysis) is 1. The first-order chi connectivity index (χ1) is 14.4. The van der Waals surface area contributed by atoms with Crippen molar-refractivity contribution in [1.29, 1.82) is 0 Å². The molecule has 5 nitrogen and oxygen atoms in total. The SMILES string of the molecule is O=C(O)CC(NC(=O)OCC1c2ccccc2-c2ccccc21)c1cc(Br)c(Br)s1. The average molecular weight is 551 g/mol. The number of carboxylic acids is 1. The zero-order valence-corrected chi connectivity index (χ0v) is 19.6. The van der Waals surface area contributed by atoms with Crippen LogP contribution in [0.5, 0.6) is 0 Å². The van der Waals surface area contributed by atoms with Gasteiger partial charge in [-0.15, -0.1) is 11.3 Å². The van der Waals surface area contributed by atoms with Gasteiger partial charge in [-0.25, -0.2) is 4.79 Å². The van der Waals surface area contributed by atoms with Crippen molar-refractivity contribution in [2.75, 3.05) is 6.61 Å². The number of carbonyl (C=O) groups is 2. The third-order valence-corrected chi connectivity index (χ3v) is 8.39. The summed E-state index contributed by atoms with van der Waals surface area (Å²) < 4.78 is 7.20. The molecule has 0 fully saturated rings. The number of halogens is 2. The lowest BCUT2D eigenvalue weighted by molar-refractivity contribution is -0.137. The number of benzene rings is 2. The second-order valence-electron chi connectivity index (χ2n) is 6.89. The van der Waals surface area contributed by atoms with Gasteiger partial charge in [0.2, 0.25) is 0 Å². The predicted molar refractivity (Wildman–Crippen MR) is 123 cm³/mol. The lowest BCUT2D eigenvalue weighted by atomic mass is 9.98. The molecule has 8 heteroatoms. The molecule has 0 radical (unpaired) electrons. The minimum atomic E-state index is -1.00. The molecule has 1 aromatic heterocycles. The maximum absolute atomic E-state index is 12.5. The summed E-state index contributed by atoms with van der Waals surface area (Å²) in [5.74, 6) is -1.05. The van der Waals surface area contributed by atoms with Crippen LogP contribution >= 0.6 is 43.2 Å². The Kier molecular flexibility index (Phi) is 6.26. The number of hydrogen-bond acceptors (Lipinski definition) is 4. The second kappa shape index (κ2) is 8.91. The van der Waals surface area contributed by atoms with Crippen LogP contribution in [0.4, 0.5) is 4.79 Å². The molecule has 30 heavy (non-hydrogen) atoms. The Morgan fingerprint density at radius 3 is 2.20 bits per heavy atom. The molecule has 2 N–H and O–H groups in total. The number of rotatable bonds is 6. The zero-order chi connectivity index (χ0) is 21.3. The summed E-state index contributed by atoms with van der Waals surface area (Å²) in [4.78, 5) is 24.5. The van der Waals surface area contributed by atoms with Crippen molar-refractivity contribution in [2.24, 2.45) is 0 Å². The van der Waals surface area contributed by atoms with E-state index in [1.54, 1.807) is 6.07 Å². The van der Waals surface area contributed by atoms with E-state index in [0.29, 0.717) is 0 Å². The highest BCUT2D eigenvalue weighted by Gasteiger charge is 2.29. The molecule has 2 aromatic carbocycles. The van der Waals surface area contributed by atoms with Crippen molar-refractivity contribution < 1.29 is 19.4 Å². The number of ether oxygens (including phenoxy) is 1. The molecule has 1 atom stereocenters. The first-order valence-corrected chi connectivity index (χ1v) is 11.6. The molecule has 0 aliphatic heterocycles. The van der Waals surface area contributed by atoms with Crippen molar-refractivity contribution in [3.05, 3.63) is 78.9 Å². The summed E-state index contributed by atoms with van der Waals surface area (Å²) in [6.07, 6.45) is -0.868. The smallest absolute Gasteiger partial charge is 0.407 e.